The highest BCUT2D eigenvalue weighted by Gasteiger charge is 2.33. The second kappa shape index (κ2) is 13.2. The summed E-state index contributed by atoms with van der Waals surface area (Å²) in [6.07, 6.45) is 8.15. The largest absolute Gasteiger partial charge is 0.382 e. The first-order chi connectivity index (χ1) is 13.1. The molecule has 1 saturated carbocycles. The van der Waals surface area contributed by atoms with Crippen LogP contribution < -0.4 is 15.5 Å². The molecule has 0 bridgehead atoms. The van der Waals surface area contributed by atoms with Crippen LogP contribution in [0.4, 0.5) is 5.82 Å². The summed E-state index contributed by atoms with van der Waals surface area (Å²) in [4.78, 5) is 11.3. The second-order valence-corrected chi connectivity index (χ2v) is 7.58. The monoisotopic (exact) mass is 503 g/mol. The molecular formula is C21H38IN5O. The van der Waals surface area contributed by atoms with Crippen LogP contribution in [0.5, 0.6) is 0 Å². The van der Waals surface area contributed by atoms with Crippen molar-refractivity contribution >= 4 is 35.8 Å². The maximum atomic E-state index is 5.63. The molecule has 160 valence electrons. The van der Waals surface area contributed by atoms with Crippen molar-refractivity contribution in [1.82, 2.24) is 15.6 Å². The van der Waals surface area contributed by atoms with Gasteiger partial charge in [-0.2, -0.15) is 0 Å². The van der Waals surface area contributed by atoms with E-state index < -0.39 is 0 Å². The molecule has 1 fully saturated rings. The highest BCUT2D eigenvalue weighted by atomic mass is 127. The van der Waals surface area contributed by atoms with Crippen molar-refractivity contribution in [3.8, 4) is 0 Å². The number of nitrogens with zero attached hydrogens (tertiary/aromatic N) is 3. The molecule has 28 heavy (non-hydrogen) atoms. The number of ether oxygens (including phenoxy) is 1. The van der Waals surface area contributed by atoms with Gasteiger partial charge in [0.2, 0.25) is 0 Å². The first-order valence-corrected chi connectivity index (χ1v) is 10.3. The smallest absolute Gasteiger partial charge is 0.191 e. The van der Waals surface area contributed by atoms with Crippen molar-refractivity contribution in [3.63, 3.8) is 0 Å². The lowest BCUT2D eigenvalue weighted by molar-refractivity contribution is 0.105. The van der Waals surface area contributed by atoms with Gasteiger partial charge in [0.15, 0.2) is 5.96 Å². The number of hydrogen-bond acceptors (Lipinski definition) is 4. The lowest BCUT2D eigenvalue weighted by Crippen LogP contribution is -2.43. The van der Waals surface area contributed by atoms with Crippen molar-refractivity contribution < 1.29 is 4.74 Å². The summed E-state index contributed by atoms with van der Waals surface area (Å²) in [7, 11) is 4.03. The van der Waals surface area contributed by atoms with Crippen LogP contribution in [0.15, 0.2) is 23.3 Å². The molecule has 0 aliphatic heterocycles. The molecule has 0 radical (unpaired) electrons. The molecule has 2 N–H and O–H groups in total. The van der Waals surface area contributed by atoms with Crippen LogP contribution in [0.1, 0.15) is 51.5 Å². The zero-order valence-corrected chi connectivity index (χ0v) is 20.3. The van der Waals surface area contributed by atoms with Gasteiger partial charge in [-0.15, -0.1) is 24.0 Å². The zero-order valence-electron chi connectivity index (χ0n) is 18.0. The topological polar surface area (TPSA) is 61.8 Å². The lowest BCUT2D eigenvalue weighted by atomic mass is 9.83. The van der Waals surface area contributed by atoms with Crippen LogP contribution in [-0.2, 0) is 11.3 Å². The van der Waals surface area contributed by atoms with Crippen LogP contribution in [-0.4, -0.2) is 51.3 Å². The number of aliphatic imine (C=N–C) groups is 1. The van der Waals surface area contributed by atoms with E-state index in [9.17, 15) is 0 Å². The molecule has 1 aromatic rings. The summed E-state index contributed by atoms with van der Waals surface area (Å²) < 4.78 is 5.63. The van der Waals surface area contributed by atoms with E-state index in [1.165, 1.54) is 25.7 Å². The predicted molar refractivity (Wildman–Crippen MR) is 129 cm³/mol. The van der Waals surface area contributed by atoms with Crippen LogP contribution in [0.2, 0.25) is 0 Å². The third-order valence-electron chi connectivity index (χ3n) is 5.32. The molecule has 2 rings (SSSR count). The van der Waals surface area contributed by atoms with Crippen LogP contribution >= 0.6 is 24.0 Å². The molecule has 1 heterocycles. The molecule has 7 heteroatoms. The Morgan fingerprint density at radius 2 is 2.00 bits per heavy atom. The Hall–Kier alpha value is -1.09. The van der Waals surface area contributed by atoms with Crippen molar-refractivity contribution in [2.45, 2.75) is 52.5 Å². The van der Waals surface area contributed by atoms with Crippen molar-refractivity contribution in [2.75, 3.05) is 45.3 Å². The van der Waals surface area contributed by atoms with E-state index >= 15 is 0 Å². The zero-order chi connectivity index (χ0) is 19.5. The predicted octanol–water partition coefficient (Wildman–Crippen LogP) is 3.81. The van der Waals surface area contributed by atoms with Gasteiger partial charge < -0.3 is 20.3 Å². The van der Waals surface area contributed by atoms with Gasteiger partial charge in [-0.1, -0.05) is 18.9 Å². The molecule has 0 atom stereocenters. The van der Waals surface area contributed by atoms with Gasteiger partial charge in [0.25, 0.3) is 0 Å². The standard InChI is InChI=1S/C21H37N5O.HI/c1-5-22-20(24-16-18-10-9-14-23-19(18)26(3)4)25-17-21(11-7-8-12-21)13-15-27-6-2;/h9-10,14H,5-8,11-13,15-17H2,1-4H3,(H2,22,24,25);1H. The minimum absolute atomic E-state index is 0. The molecule has 0 unspecified atom stereocenters. The van der Waals surface area contributed by atoms with Crippen molar-refractivity contribution in [3.05, 3.63) is 23.9 Å². The van der Waals surface area contributed by atoms with Crippen molar-refractivity contribution in [2.24, 2.45) is 10.4 Å². The number of rotatable bonds is 10. The number of pyridine rings is 1. The Morgan fingerprint density at radius 3 is 2.64 bits per heavy atom. The Morgan fingerprint density at radius 1 is 1.25 bits per heavy atom. The van der Waals surface area contributed by atoms with E-state index in [4.69, 9.17) is 9.73 Å². The Bertz CT molecular complexity index is 588. The van der Waals surface area contributed by atoms with E-state index in [0.717, 1.165) is 50.1 Å². The Kier molecular flexibility index (Phi) is 11.8. The molecule has 0 amide bonds. The normalized spacial score (nSPS) is 15.8. The summed E-state index contributed by atoms with van der Waals surface area (Å²) in [5.41, 5.74) is 1.47. The Balaban J connectivity index is 0.00000392. The SMILES string of the molecule is CCNC(=NCc1cccnc1N(C)C)NCC1(CCOCC)CCCC1.I. The average molecular weight is 503 g/mol. The number of halogens is 1. The third kappa shape index (κ3) is 7.73. The van der Waals surface area contributed by atoms with Crippen molar-refractivity contribution in [1.29, 1.82) is 0 Å². The fraction of sp³-hybridized carbons (Fsp3) is 0.714. The van der Waals surface area contributed by atoms with E-state index in [1.54, 1.807) is 0 Å². The first-order valence-electron chi connectivity index (χ1n) is 10.3. The minimum Gasteiger partial charge on any atom is -0.382 e. The fourth-order valence-electron chi connectivity index (χ4n) is 3.81. The number of hydrogen-bond donors (Lipinski definition) is 2. The minimum atomic E-state index is 0. The molecule has 0 aromatic carbocycles. The van der Waals surface area contributed by atoms with E-state index in [-0.39, 0.29) is 24.0 Å². The highest BCUT2D eigenvalue weighted by Crippen LogP contribution is 2.40. The van der Waals surface area contributed by atoms with Crippen LogP contribution in [0, 0.1) is 5.41 Å². The first kappa shape index (κ1) is 24.9. The summed E-state index contributed by atoms with van der Waals surface area (Å²) in [6, 6.07) is 4.06. The summed E-state index contributed by atoms with van der Waals surface area (Å²) in [5, 5.41) is 6.98. The summed E-state index contributed by atoms with van der Waals surface area (Å²) in [6.45, 7) is 8.25. The molecule has 0 spiro atoms. The maximum absolute atomic E-state index is 5.63. The van der Waals surface area contributed by atoms with E-state index in [0.29, 0.717) is 12.0 Å². The van der Waals surface area contributed by atoms with Gasteiger partial charge in [0.05, 0.1) is 6.54 Å². The second-order valence-electron chi connectivity index (χ2n) is 7.58. The number of aromatic nitrogens is 1. The Labute approximate surface area is 187 Å². The van der Waals surface area contributed by atoms with Gasteiger partial charge in [0.1, 0.15) is 5.82 Å². The number of guanidine groups is 1. The van der Waals surface area contributed by atoms with Crippen LogP contribution in [0.25, 0.3) is 0 Å². The maximum Gasteiger partial charge on any atom is 0.191 e. The summed E-state index contributed by atoms with van der Waals surface area (Å²) in [5.74, 6) is 1.86. The van der Waals surface area contributed by atoms with Gasteiger partial charge in [-0.3, -0.25) is 0 Å². The average Bonchev–Trinajstić information content (AvgIpc) is 3.13. The van der Waals surface area contributed by atoms with Gasteiger partial charge in [-0.25, -0.2) is 9.98 Å². The molecular weight excluding hydrogens is 465 g/mol. The number of nitrogens with one attached hydrogen (secondary N) is 2. The molecule has 0 saturated heterocycles. The van der Waals surface area contributed by atoms with Gasteiger partial charge in [0, 0.05) is 52.2 Å². The lowest BCUT2D eigenvalue weighted by Gasteiger charge is -2.30. The molecule has 1 aliphatic carbocycles. The number of anilines is 1. The summed E-state index contributed by atoms with van der Waals surface area (Å²) >= 11 is 0. The van der Waals surface area contributed by atoms with Crippen LogP contribution in [0.3, 0.4) is 0 Å². The van der Waals surface area contributed by atoms with E-state index in [1.807, 2.05) is 31.3 Å². The van der Waals surface area contributed by atoms with E-state index in [2.05, 4.69) is 35.5 Å². The quantitative estimate of drug-likeness (QED) is 0.220. The molecule has 1 aromatic heterocycles. The molecule has 6 nitrogen and oxygen atoms in total. The highest BCUT2D eigenvalue weighted by molar-refractivity contribution is 14.0. The third-order valence-corrected chi connectivity index (χ3v) is 5.32. The molecule has 1 aliphatic rings. The van der Waals surface area contributed by atoms with Gasteiger partial charge >= 0.3 is 0 Å². The fourth-order valence-corrected chi connectivity index (χ4v) is 3.81. The van der Waals surface area contributed by atoms with Gasteiger partial charge in [-0.05, 0) is 44.6 Å².